The fourth-order valence-electron chi connectivity index (χ4n) is 2.57. The molecule has 0 unspecified atom stereocenters. The molecule has 2 fully saturated rings. The molecule has 3 heterocycles. The lowest BCUT2D eigenvalue weighted by molar-refractivity contribution is 0.938. The van der Waals surface area contributed by atoms with E-state index in [4.69, 9.17) is 10.7 Å². The molecule has 0 radical (unpaired) electrons. The number of hydrogen-bond acceptors (Lipinski definition) is 6. The maximum Gasteiger partial charge on any atom is 0.186 e. The van der Waals surface area contributed by atoms with Gasteiger partial charge in [-0.15, -0.1) is 11.3 Å². The largest absolute Gasteiger partial charge is 0.375 e. The SMILES string of the molecule is Nc1nc(-c2sc(N3CCCC3)nc2C2CC2)cs1. The third-order valence-electron chi connectivity index (χ3n) is 3.74. The quantitative estimate of drug-likeness (QED) is 0.943. The summed E-state index contributed by atoms with van der Waals surface area (Å²) in [7, 11) is 0. The molecule has 4 rings (SSSR count). The number of nitrogens with zero attached hydrogens (tertiary/aromatic N) is 3. The summed E-state index contributed by atoms with van der Waals surface area (Å²) < 4.78 is 0. The minimum atomic E-state index is 0.646. The van der Waals surface area contributed by atoms with Gasteiger partial charge in [0.15, 0.2) is 10.3 Å². The molecule has 0 bridgehead atoms. The van der Waals surface area contributed by atoms with Crippen LogP contribution >= 0.6 is 22.7 Å². The number of rotatable bonds is 3. The molecule has 1 saturated heterocycles. The van der Waals surface area contributed by atoms with E-state index in [0.29, 0.717) is 11.0 Å². The second kappa shape index (κ2) is 4.45. The van der Waals surface area contributed by atoms with E-state index in [2.05, 4.69) is 15.3 Å². The molecule has 1 aliphatic carbocycles. The minimum absolute atomic E-state index is 0.646. The summed E-state index contributed by atoms with van der Waals surface area (Å²) in [6.07, 6.45) is 5.13. The van der Waals surface area contributed by atoms with E-state index in [1.54, 1.807) is 11.3 Å². The molecular formula is C13H16N4S2. The van der Waals surface area contributed by atoms with Gasteiger partial charge in [0.25, 0.3) is 0 Å². The highest BCUT2D eigenvalue weighted by Crippen LogP contribution is 2.48. The smallest absolute Gasteiger partial charge is 0.186 e. The van der Waals surface area contributed by atoms with Crippen LogP contribution in [-0.2, 0) is 0 Å². The molecule has 2 N–H and O–H groups in total. The minimum Gasteiger partial charge on any atom is -0.375 e. The Labute approximate surface area is 120 Å². The van der Waals surface area contributed by atoms with E-state index in [0.717, 1.165) is 18.8 Å². The molecule has 0 amide bonds. The highest BCUT2D eigenvalue weighted by molar-refractivity contribution is 7.19. The van der Waals surface area contributed by atoms with Crippen molar-refractivity contribution in [2.45, 2.75) is 31.6 Å². The monoisotopic (exact) mass is 292 g/mol. The Morgan fingerprint density at radius 2 is 2.00 bits per heavy atom. The summed E-state index contributed by atoms with van der Waals surface area (Å²) in [6, 6.07) is 0. The van der Waals surface area contributed by atoms with E-state index < -0.39 is 0 Å². The Morgan fingerprint density at radius 1 is 1.21 bits per heavy atom. The number of hydrogen-bond donors (Lipinski definition) is 1. The molecule has 1 saturated carbocycles. The average molecular weight is 292 g/mol. The average Bonchev–Trinajstić information content (AvgIpc) is 2.87. The lowest BCUT2D eigenvalue weighted by Crippen LogP contribution is -2.17. The normalized spacial score (nSPS) is 19.3. The van der Waals surface area contributed by atoms with Crippen molar-refractivity contribution in [3.63, 3.8) is 0 Å². The molecule has 1 aliphatic heterocycles. The second-order valence-corrected chi connectivity index (χ2v) is 7.12. The van der Waals surface area contributed by atoms with Crippen molar-refractivity contribution in [3.8, 4) is 10.6 Å². The van der Waals surface area contributed by atoms with Crippen LogP contribution in [0.4, 0.5) is 10.3 Å². The van der Waals surface area contributed by atoms with E-state index in [9.17, 15) is 0 Å². The first-order chi connectivity index (χ1) is 9.31. The predicted octanol–water partition coefficient (Wildman–Crippen LogP) is 3.33. The van der Waals surface area contributed by atoms with Crippen LogP contribution in [0.1, 0.15) is 37.3 Å². The van der Waals surface area contributed by atoms with Crippen molar-refractivity contribution >= 4 is 32.9 Å². The Morgan fingerprint density at radius 3 is 2.63 bits per heavy atom. The molecule has 6 heteroatoms. The molecule has 2 aromatic rings. The number of thiazole rings is 2. The van der Waals surface area contributed by atoms with Crippen molar-refractivity contribution in [2.75, 3.05) is 23.7 Å². The first-order valence-electron chi connectivity index (χ1n) is 6.78. The van der Waals surface area contributed by atoms with Crippen LogP contribution in [0, 0.1) is 0 Å². The van der Waals surface area contributed by atoms with Crippen LogP contribution in [-0.4, -0.2) is 23.1 Å². The first-order valence-corrected chi connectivity index (χ1v) is 8.48. The van der Waals surface area contributed by atoms with Gasteiger partial charge in [0.1, 0.15) is 0 Å². The summed E-state index contributed by atoms with van der Waals surface area (Å²) >= 11 is 3.31. The third-order valence-corrected chi connectivity index (χ3v) is 5.57. The number of nitrogen functional groups attached to an aromatic ring is 1. The van der Waals surface area contributed by atoms with Crippen LogP contribution < -0.4 is 10.6 Å². The number of aromatic nitrogens is 2. The summed E-state index contributed by atoms with van der Waals surface area (Å²) in [5.41, 5.74) is 8.05. The van der Waals surface area contributed by atoms with Crippen molar-refractivity contribution in [1.29, 1.82) is 0 Å². The number of anilines is 2. The summed E-state index contributed by atoms with van der Waals surface area (Å²) in [4.78, 5) is 13.0. The van der Waals surface area contributed by atoms with Gasteiger partial charge < -0.3 is 10.6 Å². The zero-order valence-corrected chi connectivity index (χ0v) is 12.3. The van der Waals surface area contributed by atoms with E-state index in [1.165, 1.54) is 52.7 Å². The van der Waals surface area contributed by atoms with Gasteiger partial charge in [-0.05, 0) is 25.7 Å². The highest BCUT2D eigenvalue weighted by Gasteiger charge is 2.32. The highest BCUT2D eigenvalue weighted by atomic mass is 32.1. The Bertz CT molecular complexity index is 594. The third kappa shape index (κ3) is 2.12. The Balaban J connectivity index is 1.75. The molecule has 0 aromatic carbocycles. The Hall–Kier alpha value is -1.14. The van der Waals surface area contributed by atoms with Crippen molar-refractivity contribution in [3.05, 3.63) is 11.1 Å². The van der Waals surface area contributed by atoms with E-state index >= 15 is 0 Å². The van der Waals surface area contributed by atoms with Crippen LogP contribution in [0.2, 0.25) is 0 Å². The van der Waals surface area contributed by atoms with Gasteiger partial charge in [-0.3, -0.25) is 0 Å². The van der Waals surface area contributed by atoms with Gasteiger partial charge in [0.05, 0.1) is 16.3 Å². The van der Waals surface area contributed by atoms with Gasteiger partial charge in [-0.1, -0.05) is 11.3 Å². The van der Waals surface area contributed by atoms with Crippen molar-refractivity contribution in [2.24, 2.45) is 0 Å². The predicted molar refractivity (Wildman–Crippen MR) is 81.1 cm³/mol. The molecule has 0 atom stereocenters. The molecule has 2 aromatic heterocycles. The van der Waals surface area contributed by atoms with Crippen LogP contribution in [0.3, 0.4) is 0 Å². The first kappa shape index (κ1) is 11.7. The fraction of sp³-hybridized carbons (Fsp3) is 0.538. The maximum atomic E-state index is 5.77. The molecule has 100 valence electrons. The zero-order valence-electron chi connectivity index (χ0n) is 10.6. The van der Waals surface area contributed by atoms with E-state index in [-0.39, 0.29) is 0 Å². The van der Waals surface area contributed by atoms with Gasteiger partial charge in [-0.2, -0.15) is 0 Å². The summed E-state index contributed by atoms with van der Waals surface area (Å²) in [6.45, 7) is 2.30. The molecule has 0 spiro atoms. The van der Waals surface area contributed by atoms with E-state index in [1.807, 2.05) is 0 Å². The molecular weight excluding hydrogens is 276 g/mol. The fourth-order valence-corrected chi connectivity index (χ4v) is 4.37. The maximum absolute atomic E-state index is 5.77. The Kier molecular flexibility index (Phi) is 2.73. The van der Waals surface area contributed by atoms with Gasteiger partial charge in [-0.25, -0.2) is 9.97 Å². The van der Waals surface area contributed by atoms with Gasteiger partial charge in [0, 0.05) is 24.4 Å². The van der Waals surface area contributed by atoms with Crippen molar-refractivity contribution in [1.82, 2.24) is 9.97 Å². The lowest BCUT2D eigenvalue weighted by atomic mass is 10.2. The standard InChI is InChI=1S/C13H16N4S2/c14-12-15-9(7-18-12)11-10(8-3-4-8)16-13(19-11)17-5-1-2-6-17/h7-8H,1-6H2,(H2,14,15). The van der Waals surface area contributed by atoms with Gasteiger partial charge in [0.2, 0.25) is 0 Å². The van der Waals surface area contributed by atoms with Crippen LogP contribution in [0.5, 0.6) is 0 Å². The van der Waals surface area contributed by atoms with Crippen molar-refractivity contribution < 1.29 is 0 Å². The molecule has 19 heavy (non-hydrogen) atoms. The zero-order chi connectivity index (χ0) is 12.8. The molecule has 2 aliphatic rings. The lowest BCUT2D eigenvalue weighted by Gasteiger charge is -2.12. The van der Waals surface area contributed by atoms with Crippen LogP contribution in [0.25, 0.3) is 10.6 Å². The second-order valence-electron chi connectivity index (χ2n) is 5.25. The summed E-state index contributed by atoms with van der Waals surface area (Å²) in [5.74, 6) is 0.658. The summed E-state index contributed by atoms with van der Waals surface area (Å²) in [5, 5.41) is 3.89. The van der Waals surface area contributed by atoms with Gasteiger partial charge >= 0.3 is 0 Å². The van der Waals surface area contributed by atoms with Crippen LogP contribution in [0.15, 0.2) is 5.38 Å². The molecule has 4 nitrogen and oxygen atoms in total. The topological polar surface area (TPSA) is 55.0 Å². The number of nitrogens with two attached hydrogens (primary N) is 1.